The Bertz CT molecular complexity index is 568. The lowest BCUT2D eigenvalue weighted by atomic mass is 9.95. The van der Waals surface area contributed by atoms with Gasteiger partial charge < -0.3 is 15.3 Å². The Labute approximate surface area is 110 Å². The second-order valence-electron chi connectivity index (χ2n) is 5.40. The number of fused-ring (bicyclic) bond motifs is 1. The van der Waals surface area contributed by atoms with E-state index in [4.69, 9.17) is 0 Å². The number of nitrogens with one attached hydrogen (secondary N) is 2. The van der Waals surface area contributed by atoms with Gasteiger partial charge in [0.15, 0.2) is 5.88 Å². The molecule has 6 nitrogen and oxygen atoms in total. The maximum atomic E-state index is 12.4. The molecule has 2 saturated heterocycles. The predicted octanol–water partition coefficient (Wildman–Crippen LogP) is -0.240. The van der Waals surface area contributed by atoms with Crippen LogP contribution in [0.25, 0.3) is 0 Å². The van der Waals surface area contributed by atoms with Gasteiger partial charge in [-0.15, -0.1) is 0 Å². The molecule has 2 fully saturated rings. The van der Waals surface area contributed by atoms with E-state index in [0.29, 0.717) is 18.4 Å². The van der Waals surface area contributed by atoms with Gasteiger partial charge in [0, 0.05) is 37.8 Å². The molecule has 1 amide bonds. The van der Waals surface area contributed by atoms with Crippen molar-refractivity contribution in [2.75, 3.05) is 19.6 Å². The lowest BCUT2D eigenvalue weighted by Gasteiger charge is -2.24. The molecule has 0 radical (unpaired) electrons. The number of hydrogen-bond acceptors (Lipinski definition) is 4. The highest BCUT2D eigenvalue weighted by Gasteiger charge is 2.43. The van der Waals surface area contributed by atoms with E-state index < -0.39 is 5.56 Å². The number of hydrogen-bond donors (Lipinski definition) is 3. The van der Waals surface area contributed by atoms with Gasteiger partial charge in [-0.2, -0.15) is 0 Å². The molecule has 1 aromatic heterocycles. The van der Waals surface area contributed by atoms with Crippen molar-refractivity contribution in [3.05, 3.63) is 28.0 Å². The number of rotatable bonds is 1. The Morgan fingerprint density at radius 1 is 1.42 bits per heavy atom. The van der Waals surface area contributed by atoms with Crippen molar-refractivity contribution in [1.82, 2.24) is 15.2 Å². The second-order valence-corrected chi connectivity index (χ2v) is 5.40. The van der Waals surface area contributed by atoms with E-state index in [9.17, 15) is 14.7 Å². The Hall–Kier alpha value is -1.82. The fourth-order valence-corrected chi connectivity index (χ4v) is 3.25. The first-order valence-electron chi connectivity index (χ1n) is 6.51. The zero-order valence-electron chi connectivity index (χ0n) is 10.7. The minimum Gasteiger partial charge on any atom is -0.494 e. The summed E-state index contributed by atoms with van der Waals surface area (Å²) in [6.07, 6.45) is 0. The number of likely N-dealkylation sites (tertiary alicyclic amines) is 1. The molecule has 0 saturated carbocycles. The van der Waals surface area contributed by atoms with E-state index in [0.717, 1.165) is 13.1 Å². The van der Waals surface area contributed by atoms with Gasteiger partial charge in [0.1, 0.15) is 0 Å². The first-order chi connectivity index (χ1) is 9.06. The van der Waals surface area contributed by atoms with Crippen LogP contribution in [0.15, 0.2) is 16.9 Å². The van der Waals surface area contributed by atoms with E-state index in [1.54, 1.807) is 0 Å². The SMILES string of the molecule is CC1C2CNCC2CN1C(=O)c1cc(O)[nH]c(=O)c1. The van der Waals surface area contributed by atoms with Crippen molar-refractivity contribution >= 4 is 5.91 Å². The third-order valence-electron chi connectivity index (χ3n) is 4.27. The average Bonchev–Trinajstić information content (AvgIpc) is 2.91. The van der Waals surface area contributed by atoms with Crippen molar-refractivity contribution < 1.29 is 9.90 Å². The van der Waals surface area contributed by atoms with Crippen LogP contribution in [-0.4, -0.2) is 46.6 Å². The predicted molar refractivity (Wildman–Crippen MR) is 69.1 cm³/mol. The summed E-state index contributed by atoms with van der Waals surface area (Å²) < 4.78 is 0. The third-order valence-corrected chi connectivity index (χ3v) is 4.27. The van der Waals surface area contributed by atoms with E-state index in [2.05, 4.69) is 10.3 Å². The van der Waals surface area contributed by atoms with Crippen LogP contribution >= 0.6 is 0 Å². The second kappa shape index (κ2) is 4.38. The van der Waals surface area contributed by atoms with Crippen LogP contribution in [0.3, 0.4) is 0 Å². The van der Waals surface area contributed by atoms with Gasteiger partial charge in [0.05, 0.1) is 5.56 Å². The van der Waals surface area contributed by atoms with E-state index >= 15 is 0 Å². The lowest BCUT2D eigenvalue weighted by Crippen LogP contribution is -2.38. The van der Waals surface area contributed by atoms with Crippen molar-refractivity contribution in [2.24, 2.45) is 11.8 Å². The summed E-state index contributed by atoms with van der Waals surface area (Å²) in [6, 6.07) is 2.71. The van der Waals surface area contributed by atoms with Gasteiger partial charge in [-0.05, 0) is 18.8 Å². The lowest BCUT2D eigenvalue weighted by molar-refractivity contribution is 0.0727. The smallest absolute Gasteiger partial charge is 0.254 e. The number of carbonyl (C=O) groups is 1. The average molecular weight is 263 g/mol. The molecule has 1 aromatic rings. The molecule has 102 valence electrons. The molecule has 0 aliphatic carbocycles. The van der Waals surface area contributed by atoms with E-state index in [1.807, 2.05) is 11.8 Å². The Morgan fingerprint density at radius 2 is 2.21 bits per heavy atom. The topological polar surface area (TPSA) is 85.4 Å². The molecule has 2 aliphatic rings. The highest BCUT2D eigenvalue weighted by molar-refractivity contribution is 5.94. The van der Waals surface area contributed by atoms with Crippen LogP contribution in [0.2, 0.25) is 0 Å². The minimum absolute atomic E-state index is 0.161. The normalized spacial score (nSPS) is 29.5. The number of aromatic nitrogens is 1. The molecule has 19 heavy (non-hydrogen) atoms. The zero-order chi connectivity index (χ0) is 13.6. The first kappa shape index (κ1) is 12.2. The summed E-state index contributed by atoms with van der Waals surface area (Å²) >= 11 is 0. The zero-order valence-corrected chi connectivity index (χ0v) is 10.7. The van der Waals surface area contributed by atoms with Crippen molar-refractivity contribution in [3.8, 4) is 5.88 Å². The first-order valence-corrected chi connectivity index (χ1v) is 6.51. The Morgan fingerprint density at radius 3 is 2.89 bits per heavy atom. The molecule has 3 heterocycles. The van der Waals surface area contributed by atoms with Crippen LogP contribution < -0.4 is 10.9 Å². The van der Waals surface area contributed by atoms with Crippen LogP contribution in [-0.2, 0) is 0 Å². The maximum absolute atomic E-state index is 12.4. The van der Waals surface area contributed by atoms with E-state index in [1.165, 1.54) is 12.1 Å². The molecule has 2 aliphatic heterocycles. The monoisotopic (exact) mass is 263 g/mol. The molecule has 3 rings (SSSR count). The van der Waals surface area contributed by atoms with Gasteiger partial charge in [-0.1, -0.05) is 0 Å². The van der Waals surface area contributed by atoms with Crippen molar-refractivity contribution in [1.29, 1.82) is 0 Å². The van der Waals surface area contributed by atoms with Crippen molar-refractivity contribution in [3.63, 3.8) is 0 Å². The van der Waals surface area contributed by atoms with Crippen molar-refractivity contribution in [2.45, 2.75) is 13.0 Å². The van der Waals surface area contributed by atoms with E-state index in [-0.39, 0.29) is 23.4 Å². The Balaban J connectivity index is 1.86. The third kappa shape index (κ3) is 2.02. The largest absolute Gasteiger partial charge is 0.494 e. The van der Waals surface area contributed by atoms with Crippen LogP contribution in [0, 0.1) is 11.8 Å². The number of aromatic hydroxyl groups is 1. The molecule has 3 atom stereocenters. The number of amides is 1. The maximum Gasteiger partial charge on any atom is 0.254 e. The molecule has 3 unspecified atom stereocenters. The molecule has 0 aromatic carbocycles. The fourth-order valence-electron chi connectivity index (χ4n) is 3.25. The van der Waals surface area contributed by atoms with Crippen LogP contribution in [0.1, 0.15) is 17.3 Å². The highest BCUT2D eigenvalue weighted by atomic mass is 16.3. The van der Waals surface area contributed by atoms with Gasteiger partial charge in [-0.25, -0.2) is 0 Å². The number of H-pyrrole nitrogens is 1. The summed E-state index contributed by atoms with van der Waals surface area (Å²) in [6.45, 7) is 4.64. The summed E-state index contributed by atoms with van der Waals surface area (Å²) in [5.74, 6) is 0.530. The van der Waals surface area contributed by atoms with Crippen LogP contribution in [0.5, 0.6) is 5.88 Å². The summed E-state index contributed by atoms with van der Waals surface area (Å²) in [5.41, 5.74) is -0.210. The molecular weight excluding hydrogens is 246 g/mol. The minimum atomic E-state index is -0.461. The highest BCUT2D eigenvalue weighted by Crippen LogP contribution is 2.33. The van der Waals surface area contributed by atoms with Crippen LogP contribution in [0.4, 0.5) is 0 Å². The summed E-state index contributed by atoms with van der Waals surface area (Å²) in [5, 5.41) is 12.7. The fraction of sp³-hybridized carbons (Fsp3) is 0.538. The standard InChI is InChI=1S/C13H17N3O3/c1-7-10-5-14-4-9(10)6-16(7)13(19)8-2-11(17)15-12(18)3-8/h2-3,7,9-10,14H,4-6H2,1H3,(H2,15,17,18). The van der Waals surface area contributed by atoms with Gasteiger partial charge in [0.2, 0.25) is 0 Å². The summed E-state index contributed by atoms with van der Waals surface area (Å²) in [7, 11) is 0. The number of pyridine rings is 1. The molecular formula is C13H17N3O3. The molecule has 6 heteroatoms. The van der Waals surface area contributed by atoms with Gasteiger partial charge in [0.25, 0.3) is 11.5 Å². The Kier molecular flexibility index (Phi) is 2.82. The molecule has 0 bridgehead atoms. The number of nitrogens with zero attached hydrogens (tertiary/aromatic N) is 1. The molecule has 0 spiro atoms. The van der Waals surface area contributed by atoms with Gasteiger partial charge in [-0.3, -0.25) is 14.6 Å². The quantitative estimate of drug-likeness (QED) is 0.653. The number of carbonyl (C=O) groups excluding carboxylic acids is 1. The van der Waals surface area contributed by atoms with Gasteiger partial charge >= 0.3 is 0 Å². The number of aromatic amines is 1. The summed E-state index contributed by atoms with van der Waals surface area (Å²) in [4.78, 5) is 27.8. The molecule has 3 N–H and O–H groups in total.